The molecular formula is C14H16ClFN2O2S. The van der Waals surface area contributed by atoms with Gasteiger partial charge >= 0.3 is 0 Å². The molecule has 21 heavy (non-hydrogen) atoms. The van der Waals surface area contributed by atoms with E-state index in [0.29, 0.717) is 34.6 Å². The molecule has 1 amide bonds. The number of carbonyl (C=O) groups excluding carboxylic acids is 1. The molecule has 1 aromatic heterocycles. The van der Waals surface area contributed by atoms with E-state index in [1.807, 2.05) is 11.9 Å². The quantitative estimate of drug-likeness (QED) is 0.855. The second-order valence-corrected chi connectivity index (χ2v) is 6.07. The van der Waals surface area contributed by atoms with E-state index in [4.69, 9.17) is 16.7 Å². The van der Waals surface area contributed by atoms with Gasteiger partial charge in [-0.25, -0.2) is 4.39 Å². The summed E-state index contributed by atoms with van der Waals surface area (Å²) in [5.41, 5.74) is 0. The zero-order valence-corrected chi connectivity index (χ0v) is 13.1. The number of aliphatic hydroxyl groups excluding tert-OH is 1. The highest BCUT2D eigenvalue weighted by Gasteiger charge is 2.19. The minimum atomic E-state index is -0.421. The summed E-state index contributed by atoms with van der Waals surface area (Å²) in [6, 6.07) is 4.66. The molecule has 2 rings (SSSR count). The summed E-state index contributed by atoms with van der Waals surface area (Å²) in [5.74, 6) is -0.728. The highest BCUT2D eigenvalue weighted by Crippen LogP contribution is 2.36. The van der Waals surface area contributed by atoms with Gasteiger partial charge in [-0.05, 0) is 19.2 Å². The Bertz CT molecular complexity index is 647. The monoisotopic (exact) mass is 330 g/mol. The average Bonchev–Trinajstić information content (AvgIpc) is 2.78. The molecule has 0 fully saturated rings. The Morgan fingerprint density at radius 2 is 2.24 bits per heavy atom. The number of hydrogen-bond acceptors (Lipinski definition) is 4. The first-order chi connectivity index (χ1) is 10.0. The van der Waals surface area contributed by atoms with Crippen LogP contribution in [0, 0.1) is 5.82 Å². The van der Waals surface area contributed by atoms with E-state index in [9.17, 15) is 9.18 Å². The third-order valence-corrected chi connectivity index (χ3v) is 4.72. The van der Waals surface area contributed by atoms with Crippen LogP contribution in [-0.2, 0) is 0 Å². The highest BCUT2D eigenvalue weighted by atomic mass is 35.5. The molecule has 0 aliphatic rings. The number of halogens is 2. The zero-order chi connectivity index (χ0) is 15.4. The van der Waals surface area contributed by atoms with Crippen molar-refractivity contribution < 1.29 is 14.3 Å². The maximum Gasteiger partial charge on any atom is 0.262 e. The molecule has 0 bridgehead atoms. The maximum atomic E-state index is 13.7. The Kier molecular flexibility index (Phi) is 5.52. The van der Waals surface area contributed by atoms with E-state index in [2.05, 4.69) is 5.32 Å². The molecule has 0 spiro atoms. The van der Waals surface area contributed by atoms with Gasteiger partial charge in [-0.2, -0.15) is 0 Å². The van der Waals surface area contributed by atoms with E-state index in [-0.39, 0.29) is 17.5 Å². The van der Waals surface area contributed by atoms with Crippen molar-refractivity contribution in [3.63, 3.8) is 0 Å². The molecule has 1 heterocycles. The van der Waals surface area contributed by atoms with Crippen molar-refractivity contribution in [2.75, 3.05) is 33.3 Å². The van der Waals surface area contributed by atoms with Gasteiger partial charge in [0.25, 0.3) is 5.91 Å². The molecule has 2 aromatic rings. The molecule has 1 aromatic carbocycles. The first kappa shape index (κ1) is 16.2. The molecule has 0 saturated heterocycles. The standard InChI is InChI=1S/C14H16ClFN2O2S/c1-18(7-8-19)6-5-17-14(20)13-12(15)11-9(16)3-2-4-10(11)21-13/h2-4,19H,5-8H2,1H3,(H,17,20). The summed E-state index contributed by atoms with van der Waals surface area (Å²) in [7, 11) is 1.85. The van der Waals surface area contributed by atoms with Crippen LogP contribution in [0.1, 0.15) is 9.67 Å². The number of fused-ring (bicyclic) bond motifs is 1. The van der Waals surface area contributed by atoms with Crippen molar-refractivity contribution in [2.45, 2.75) is 0 Å². The number of benzene rings is 1. The maximum absolute atomic E-state index is 13.7. The van der Waals surface area contributed by atoms with Crippen LogP contribution in [-0.4, -0.2) is 49.2 Å². The molecule has 0 saturated carbocycles. The van der Waals surface area contributed by atoms with Gasteiger partial charge in [0.05, 0.1) is 11.6 Å². The second-order valence-electron chi connectivity index (χ2n) is 4.64. The Hall–Kier alpha value is -1.21. The summed E-state index contributed by atoms with van der Waals surface area (Å²) in [4.78, 5) is 14.3. The van der Waals surface area contributed by atoms with Gasteiger partial charge in [-0.15, -0.1) is 11.3 Å². The lowest BCUT2D eigenvalue weighted by Crippen LogP contribution is -2.34. The molecule has 0 aliphatic heterocycles. The van der Waals surface area contributed by atoms with Gasteiger partial charge in [0.15, 0.2) is 0 Å². The molecule has 114 valence electrons. The molecular weight excluding hydrogens is 315 g/mol. The Balaban J connectivity index is 2.06. The minimum absolute atomic E-state index is 0.0753. The molecule has 0 atom stereocenters. The van der Waals surface area contributed by atoms with Crippen LogP contribution < -0.4 is 5.32 Å². The number of rotatable bonds is 6. The number of hydrogen-bond donors (Lipinski definition) is 2. The normalized spacial score (nSPS) is 11.3. The van der Waals surface area contributed by atoms with E-state index >= 15 is 0 Å². The Morgan fingerprint density at radius 3 is 2.90 bits per heavy atom. The fraction of sp³-hybridized carbons (Fsp3) is 0.357. The predicted molar refractivity (Wildman–Crippen MR) is 83.7 cm³/mol. The predicted octanol–water partition coefficient (Wildman–Crippen LogP) is 2.35. The number of nitrogens with one attached hydrogen (secondary N) is 1. The summed E-state index contributed by atoms with van der Waals surface area (Å²) in [5, 5.41) is 12.0. The second kappa shape index (κ2) is 7.17. The molecule has 4 nitrogen and oxygen atoms in total. The fourth-order valence-electron chi connectivity index (χ4n) is 1.94. The van der Waals surface area contributed by atoms with Crippen LogP contribution >= 0.6 is 22.9 Å². The first-order valence-corrected chi connectivity index (χ1v) is 7.68. The summed E-state index contributed by atoms with van der Waals surface area (Å²) in [6.07, 6.45) is 0. The van der Waals surface area contributed by atoms with Crippen LogP contribution in [0.4, 0.5) is 4.39 Å². The zero-order valence-electron chi connectivity index (χ0n) is 11.5. The summed E-state index contributed by atoms with van der Waals surface area (Å²) < 4.78 is 14.4. The largest absolute Gasteiger partial charge is 0.395 e. The van der Waals surface area contributed by atoms with Gasteiger partial charge in [0.2, 0.25) is 0 Å². The Labute approximate surface area is 131 Å². The van der Waals surface area contributed by atoms with Crippen molar-refractivity contribution in [3.8, 4) is 0 Å². The van der Waals surface area contributed by atoms with Gasteiger partial charge in [-0.1, -0.05) is 17.7 Å². The lowest BCUT2D eigenvalue weighted by Gasteiger charge is -2.14. The lowest BCUT2D eigenvalue weighted by atomic mass is 10.2. The SMILES string of the molecule is CN(CCO)CCNC(=O)c1sc2cccc(F)c2c1Cl. The molecule has 0 aliphatic carbocycles. The number of nitrogens with zero attached hydrogens (tertiary/aromatic N) is 1. The molecule has 0 unspecified atom stereocenters. The van der Waals surface area contributed by atoms with Gasteiger partial charge < -0.3 is 15.3 Å². The third kappa shape index (κ3) is 3.71. The van der Waals surface area contributed by atoms with Crippen molar-refractivity contribution in [2.24, 2.45) is 0 Å². The molecule has 7 heteroatoms. The number of carbonyl (C=O) groups is 1. The summed E-state index contributed by atoms with van der Waals surface area (Å²) in [6.45, 7) is 1.67. The van der Waals surface area contributed by atoms with Crippen LogP contribution in [0.15, 0.2) is 18.2 Å². The van der Waals surface area contributed by atoms with E-state index < -0.39 is 5.82 Å². The third-order valence-electron chi connectivity index (χ3n) is 3.07. The van der Waals surface area contributed by atoms with Crippen LogP contribution in [0.3, 0.4) is 0 Å². The van der Waals surface area contributed by atoms with E-state index in [1.54, 1.807) is 12.1 Å². The highest BCUT2D eigenvalue weighted by molar-refractivity contribution is 7.21. The van der Waals surface area contributed by atoms with Crippen LogP contribution in [0.5, 0.6) is 0 Å². The van der Waals surface area contributed by atoms with Gasteiger partial charge in [0, 0.05) is 29.7 Å². The minimum Gasteiger partial charge on any atom is -0.395 e. The van der Waals surface area contributed by atoms with E-state index in [0.717, 1.165) is 0 Å². The smallest absolute Gasteiger partial charge is 0.262 e. The van der Waals surface area contributed by atoms with Crippen LogP contribution in [0.25, 0.3) is 10.1 Å². The topological polar surface area (TPSA) is 52.6 Å². The Morgan fingerprint density at radius 1 is 1.48 bits per heavy atom. The van der Waals surface area contributed by atoms with Crippen molar-refractivity contribution in [3.05, 3.63) is 33.9 Å². The number of amides is 1. The number of aliphatic hydroxyl groups is 1. The van der Waals surface area contributed by atoms with Gasteiger partial charge in [-0.3, -0.25) is 4.79 Å². The lowest BCUT2D eigenvalue weighted by molar-refractivity contribution is 0.0953. The summed E-state index contributed by atoms with van der Waals surface area (Å²) >= 11 is 7.29. The molecule has 2 N–H and O–H groups in total. The van der Waals surface area contributed by atoms with Gasteiger partial charge in [0.1, 0.15) is 10.7 Å². The van der Waals surface area contributed by atoms with Crippen molar-refractivity contribution >= 4 is 38.9 Å². The number of likely N-dealkylation sites (N-methyl/N-ethyl adjacent to an activating group) is 1. The number of thiophene rings is 1. The van der Waals surface area contributed by atoms with E-state index in [1.165, 1.54) is 17.4 Å². The molecule has 0 radical (unpaired) electrons. The first-order valence-electron chi connectivity index (χ1n) is 6.48. The fourth-order valence-corrected chi connectivity index (χ4v) is 3.41. The van der Waals surface area contributed by atoms with Crippen molar-refractivity contribution in [1.82, 2.24) is 10.2 Å². The van der Waals surface area contributed by atoms with Crippen molar-refractivity contribution in [1.29, 1.82) is 0 Å². The average molecular weight is 331 g/mol. The van der Waals surface area contributed by atoms with Crippen LogP contribution in [0.2, 0.25) is 5.02 Å².